The maximum atomic E-state index is 12.5. The van der Waals surface area contributed by atoms with E-state index in [1.165, 1.54) is 12.1 Å². The van der Waals surface area contributed by atoms with Gasteiger partial charge in [-0.25, -0.2) is 0 Å². The van der Waals surface area contributed by atoms with Crippen LogP contribution in [0.2, 0.25) is 0 Å². The fraction of sp³-hybridized carbons (Fsp3) is 0.0667. The van der Waals surface area contributed by atoms with Crippen molar-refractivity contribution in [2.24, 2.45) is 0 Å². The molecule has 124 valence electrons. The number of nitrogens with zero attached hydrogens (tertiary/aromatic N) is 2. The smallest absolute Gasteiger partial charge is 0.341 e. The van der Waals surface area contributed by atoms with Gasteiger partial charge in [-0.05, 0) is 47.7 Å². The average molecular weight is 363 g/mol. The largest absolute Gasteiger partial charge is 0.497 e. The van der Waals surface area contributed by atoms with E-state index < -0.39 is 14.9 Å². The highest BCUT2D eigenvalue weighted by Gasteiger charge is 2.22. The van der Waals surface area contributed by atoms with Crippen LogP contribution in [0.25, 0.3) is 0 Å². The van der Waals surface area contributed by atoms with Gasteiger partial charge in [0, 0.05) is 5.69 Å². The lowest BCUT2D eigenvalue weighted by Gasteiger charge is -2.04. The van der Waals surface area contributed by atoms with E-state index in [0.717, 1.165) is 0 Å². The van der Waals surface area contributed by atoms with Gasteiger partial charge in [0.15, 0.2) is 0 Å². The van der Waals surface area contributed by atoms with Crippen LogP contribution in [0.15, 0.2) is 64.3 Å². The SMILES string of the molecule is COc1ccc(Nc2nn(S(=O)(=O)c3ccccc3)c(=O)s2)cc1. The summed E-state index contributed by atoms with van der Waals surface area (Å²) in [6, 6.07) is 14.6. The molecule has 0 bridgehead atoms. The zero-order chi connectivity index (χ0) is 17.2. The van der Waals surface area contributed by atoms with Gasteiger partial charge in [0.05, 0.1) is 12.0 Å². The molecule has 7 nitrogen and oxygen atoms in total. The Balaban J connectivity index is 1.91. The Labute approximate surface area is 142 Å². The van der Waals surface area contributed by atoms with Gasteiger partial charge in [0.25, 0.3) is 10.0 Å². The van der Waals surface area contributed by atoms with E-state index in [1.807, 2.05) is 0 Å². The number of nitrogens with one attached hydrogen (secondary N) is 1. The molecule has 1 heterocycles. The molecule has 0 saturated heterocycles. The Kier molecular flexibility index (Phi) is 4.36. The van der Waals surface area contributed by atoms with Crippen molar-refractivity contribution in [2.75, 3.05) is 12.4 Å². The maximum Gasteiger partial charge on any atom is 0.341 e. The minimum absolute atomic E-state index is 0.00778. The van der Waals surface area contributed by atoms with Crippen molar-refractivity contribution in [1.82, 2.24) is 9.19 Å². The third-order valence-electron chi connectivity index (χ3n) is 3.13. The maximum absolute atomic E-state index is 12.5. The zero-order valence-corrected chi connectivity index (χ0v) is 14.2. The van der Waals surface area contributed by atoms with Crippen molar-refractivity contribution in [1.29, 1.82) is 0 Å². The Hall–Kier alpha value is -2.65. The second-order valence-corrected chi connectivity index (χ2v) is 7.40. The van der Waals surface area contributed by atoms with Crippen LogP contribution >= 0.6 is 11.3 Å². The van der Waals surface area contributed by atoms with E-state index in [0.29, 0.717) is 26.9 Å². The minimum atomic E-state index is -4.01. The van der Waals surface area contributed by atoms with E-state index in [-0.39, 0.29) is 10.0 Å². The second kappa shape index (κ2) is 6.46. The number of anilines is 2. The standard InChI is InChI=1S/C15H13N3O4S2/c1-22-12-9-7-11(8-10-12)16-14-17-18(15(19)23-14)24(20,21)13-5-3-2-4-6-13/h2-10H,1H3,(H,16,17). The summed E-state index contributed by atoms with van der Waals surface area (Å²) in [7, 11) is -2.45. The van der Waals surface area contributed by atoms with Gasteiger partial charge in [-0.2, -0.15) is 8.42 Å². The number of methoxy groups -OCH3 is 1. The number of rotatable bonds is 5. The van der Waals surface area contributed by atoms with Gasteiger partial charge >= 0.3 is 4.87 Å². The first-order valence-electron chi connectivity index (χ1n) is 6.82. The first-order chi connectivity index (χ1) is 11.5. The highest BCUT2D eigenvalue weighted by molar-refractivity contribution is 7.90. The molecule has 0 unspecified atom stereocenters. The number of hydrogen-bond donors (Lipinski definition) is 1. The second-order valence-electron chi connectivity index (χ2n) is 4.69. The predicted octanol–water partition coefficient (Wildman–Crippen LogP) is 2.29. The molecule has 0 amide bonds. The summed E-state index contributed by atoms with van der Waals surface area (Å²) >= 11 is 0.715. The molecule has 1 N–H and O–H groups in total. The summed E-state index contributed by atoms with van der Waals surface area (Å²) in [6.07, 6.45) is 0. The fourth-order valence-electron chi connectivity index (χ4n) is 1.96. The molecular weight excluding hydrogens is 350 g/mol. The predicted molar refractivity (Wildman–Crippen MR) is 91.7 cm³/mol. The Bertz CT molecular complexity index is 993. The minimum Gasteiger partial charge on any atom is -0.497 e. The molecule has 0 aliphatic carbocycles. The summed E-state index contributed by atoms with van der Waals surface area (Å²) in [6.45, 7) is 0. The van der Waals surface area contributed by atoms with Crippen LogP contribution in [0.3, 0.4) is 0 Å². The molecule has 3 aromatic rings. The van der Waals surface area contributed by atoms with Crippen molar-refractivity contribution in [3.63, 3.8) is 0 Å². The van der Waals surface area contributed by atoms with Crippen molar-refractivity contribution >= 4 is 32.2 Å². The molecular formula is C15H13N3O4S2. The third kappa shape index (κ3) is 3.17. The quantitative estimate of drug-likeness (QED) is 0.748. The first kappa shape index (κ1) is 16.2. The lowest BCUT2D eigenvalue weighted by molar-refractivity contribution is 0.415. The third-order valence-corrected chi connectivity index (χ3v) is 5.54. The van der Waals surface area contributed by atoms with E-state index in [1.54, 1.807) is 49.6 Å². The van der Waals surface area contributed by atoms with Gasteiger partial charge in [0.1, 0.15) is 5.75 Å². The Morgan fingerprint density at radius 3 is 2.38 bits per heavy atom. The van der Waals surface area contributed by atoms with Crippen LogP contribution in [0.4, 0.5) is 10.8 Å². The average Bonchev–Trinajstić information content (AvgIpc) is 2.97. The molecule has 0 fully saturated rings. The Morgan fingerprint density at radius 1 is 1.08 bits per heavy atom. The van der Waals surface area contributed by atoms with E-state index in [9.17, 15) is 13.2 Å². The monoisotopic (exact) mass is 363 g/mol. The highest BCUT2D eigenvalue weighted by atomic mass is 32.2. The normalized spacial score (nSPS) is 11.2. The molecule has 2 aromatic carbocycles. The number of benzene rings is 2. The van der Waals surface area contributed by atoms with Gasteiger partial charge in [0.2, 0.25) is 5.13 Å². The van der Waals surface area contributed by atoms with Crippen molar-refractivity contribution in [2.45, 2.75) is 4.90 Å². The van der Waals surface area contributed by atoms with Gasteiger partial charge in [-0.1, -0.05) is 18.2 Å². The lowest BCUT2D eigenvalue weighted by atomic mass is 10.3. The summed E-state index contributed by atoms with van der Waals surface area (Å²) in [5.74, 6) is 0.686. The molecule has 1 aromatic heterocycles. The molecule has 24 heavy (non-hydrogen) atoms. The molecule has 3 rings (SSSR count). The molecule has 0 aliphatic heterocycles. The van der Waals surface area contributed by atoms with Crippen LogP contribution in [-0.4, -0.2) is 24.7 Å². The molecule has 0 atom stereocenters. The molecule has 0 aliphatic rings. The van der Waals surface area contributed by atoms with E-state index in [2.05, 4.69) is 10.4 Å². The van der Waals surface area contributed by atoms with Crippen LogP contribution in [0.1, 0.15) is 0 Å². The first-order valence-corrected chi connectivity index (χ1v) is 9.08. The van der Waals surface area contributed by atoms with Crippen LogP contribution < -0.4 is 14.9 Å². The van der Waals surface area contributed by atoms with Crippen LogP contribution in [0.5, 0.6) is 5.75 Å². The van der Waals surface area contributed by atoms with Crippen molar-refractivity contribution < 1.29 is 13.2 Å². The number of ether oxygens (including phenoxy) is 1. The summed E-state index contributed by atoms with van der Waals surface area (Å²) in [5, 5.41) is 6.98. The Morgan fingerprint density at radius 2 is 1.75 bits per heavy atom. The van der Waals surface area contributed by atoms with Gasteiger partial charge < -0.3 is 10.1 Å². The van der Waals surface area contributed by atoms with Gasteiger partial charge in [-0.15, -0.1) is 9.19 Å². The number of aromatic nitrogens is 2. The summed E-state index contributed by atoms with van der Waals surface area (Å²) in [5.41, 5.74) is 0.661. The molecule has 0 spiro atoms. The van der Waals surface area contributed by atoms with Gasteiger partial charge in [-0.3, -0.25) is 4.79 Å². The van der Waals surface area contributed by atoms with Crippen LogP contribution in [-0.2, 0) is 10.0 Å². The highest BCUT2D eigenvalue weighted by Crippen LogP contribution is 2.21. The van der Waals surface area contributed by atoms with Crippen LogP contribution in [0, 0.1) is 0 Å². The van der Waals surface area contributed by atoms with E-state index in [4.69, 9.17) is 4.74 Å². The number of hydrogen-bond acceptors (Lipinski definition) is 7. The van der Waals surface area contributed by atoms with Crippen molar-refractivity contribution in [3.05, 3.63) is 64.3 Å². The topological polar surface area (TPSA) is 90.3 Å². The summed E-state index contributed by atoms with van der Waals surface area (Å²) < 4.78 is 30.5. The fourth-order valence-corrected chi connectivity index (χ4v) is 4.08. The molecule has 9 heteroatoms. The lowest BCUT2D eigenvalue weighted by Crippen LogP contribution is -2.24. The zero-order valence-electron chi connectivity index (χ0n) is 12.5. The van der Waals surface area contributed by atoms with Crippen molar-refractivity contribution in [3.8, 4) is 5.75 Å². The molecule has 0 radical (unpaired) electrons. The van der Waals surface area contributed by atoms with E-state index >= 15 is 0 Å². The summed E-state index contributed by atoms with van der Waals surface area (Å²) in [4.78, 5) is 11.4. The molecule has 0 saturated carbocycles.